The van der Waals surface area contributed by atoms with E-state index in [9.17, 15) is 4.79 Å². The molecule has 2 rings (SSSR count). The smallest absolute Gasteiger partial charge is 0.180 e. The summed E-state index contributed by atoms with van der Waals surface area (Å²) in [5.74, 6) is 0.378. The van der Waals surface area contributed by atoms with Crippen molar-refractivity contribution >= 4 is 11.6 Å². The summed E-state index contributed by atoms with van der Waals surface area (Å²) in [4.78, 5) is 18.2. The van der Waals surface area contributed by atoms with Crippen LogP contribution >= 0.6 is 0 Å². The highest BCUT2D eigenvalue weighted by Crippen LogP contribution is 2.09. The van der Waals surface area contributed by atoms with E-state index in [0.29, 0.717) is 17.9 Å². The molecule has 0 bridgehead atoms. The van der Waals surface area contributed by atoms with Crippen molar-refractivity contribution < 1.29 is 4.79 Å². The molecule has 1 aliphatic rings. The molecule has 92 valence electrons. The number of nitrogens with one attached hydrogen (secondary N) is 1. The van der Waals surface area contributed by atoms with E-state index in [4.69, 9.17) is 5.73 Å². The molecule has 1 saturated heterocycles. The maximum atomic E-state index is 12.1. The van der Waals surface area contributed by atoms with Gasteiger partial charge in [0.05, 0.1) is 12.1 Å². The fourth-order valence-corrected chi connectivity index (χ4v) is 2.00. The van der Waals surface area contributed by atoms with E-state index in [1.807, 2.05) is 0 Å². The number of carbonyl (C=O) groups excluding carboxylic acids is 1. The van der Waals surface area contributed by atoms with Gasteiger partial charge in [-0.05, 0) is 31.6 Å². The second-order valence-corrected chi connectivity index (χ2v) is 4.24. The Bertz CT molecular complexity index is 386. The molecule has 0 aliphatic carbocycles. The number of nitrogens with two attached hydrogens (primary N) is 1. The van der Waals surface area contributed by atoms with Gasteiger partial charge >= 0.3 is 0 Å². The van der Waals surface area contributed by atoms with Crippen molar-refractivity contribution in [1.29, 1.82) is 0 Å². The van der Waals surface area contributed by atoms with Gasteiger partial charge in [0.1, 0.15) is 5.82 Å². The second kappa shape index (κ2) is 5.75. The fraction of sp³-hybridized carbons (Fsp3) is 0.500. The third kappa shape index (κ3) is 3.25. The Balaban J connectivity index is 1.98. The first kappa shape index (κ1) is 12.0. The van der Waals surface area contributed by atoms with Crippen LogP contribution in [0.25, 0.3) is 0 Å². The van der Waals surface area contributed by atoms with Crippen LogP contribution in [-0.2, 0) is 0 Å². The largest absolute Gasteiger partial charge is 0.383 e. The van der Waals surface area contributed by atoms with Crippen LogP contribution in [0.3, 0.4) is 0 Å². The summed E-state index contributed by atoms with van der Waals surface area (Å²) in [6.07, 6.45) is 2.68. The van der Waals surface area contributed by atoms with Crippen molar-refractivity contribution in [3.8, 4) is 0 Å². The fourth-order valence-electron chi connectivity index (χ4n) is 2.00. The monoisotopic (exact) mass is 234 g/mol. The van der Waals surface area contributed by atoms with Gasteiger partial charge in [-0.2, -0.15) is 0 Å². The Morgan fingerprint density at radius 3 is 3.18 bits per heavy atom. The molecule has 2 heterocycles. The molecule has 0 saturated carbocycles. The Labute approximate surface area is 101 Å². The Morgan fingerprint density at radius 1 is 1.47 bits per heavy atom. The van der Waals surface area contributed by atoms with Crippen molar-refractivity contribution in [1.82, 2.24) is 15.2 Å². The summed E-state index contributed by atoms with van der Waals surface area (Å²) in [6, 6.07) is 3.48. The van der Waals surface area contributed by atoms with Gasteiger partial charge in [0, 0.05) is 19.3 Å². The molecule has 1 aromatic heterocycles. The van der Waals surface area contributed by atoms with Crippen LogP contribution in [-0.4, -0.2) is 48.4 Å². The van der Waals surface area contributed by atoms with E-state index < -0.39 is 0 Å². The van der Waals surface area contributed by atoms with Crippen molar-refractivity contribution in [2.75, 3.05) is 38.5 Å². The first-order valence-corrected chi connectivity index (χ1v) is 5.94. The topological polar surface area (TPSA) is 71.2 Å². The van der Waals surface area contributed by atoms with E-state index in [0.717, 1.165) is 32.6 Å². The third-order valence-electron chi connectivity index (χ3n) is 2.94. The predicted octanol–water partition coefficient (Wildman–Crippen LogP) is 0.142. The highest BCUT2D eigenvalue weighted by Gasteiger charge is 2.15. The Morgan fingerprint density at radius 2 is 2.35 bits per heavy atom. The summed E-state index contributed by atoms with van der Waals surface area (Å²) in [5.41, 5.74) is 6.23. The molecule has 0 amide bonds. The number of Topliss-reactive ketones (excluding diaryl/α,β-unsaturated/α-hetero) is 1. The standard InChI is InChI=1S/C12H18N4O/c13-12-10(3-1-5-15-12)11(17)9-16-7-2-4-14-6-8-16/h1,3,5,14H,2,4,6-9H2,(H2,13,15). The van der Waals surface area contributed by atoms with Crippen LogP contribution in [0.5, 0.6) is 0 Å². The van der Waals surface area contributed by atoms with Gasteiger partial charge in [0.15, 0.2) is 5.78 Å². The number of hydrogen-bond acceptors (Lipinski definition) is 5. The summed E-state index contributed by atoms with van der Waals surface area (Å²) >= 11 is 0. The number of aromatic nitrogens is 1. The summed E-state index contributed by atoms with van der Waals surface area (Å²) in [6.45, 7) is 4.26. The second-order valence-electron chi connectivity index (χ2n) is 4.24. The minimum Gasteiger partial charge on any atom is -0.383 e. The minimum absolute atomic E-state index is 0.0532. The number of pyridine rings is 1. The van der Waals surface area contributed by atoms with Crippen LogP contribution in [0.1, 0.15) is 16.8 Å². The van der Waals surface area contributed by atoms with Crippen LogP contribution < -0.4 is 11.1 Å². The molecule has 0 atom stereocenters. The summed E-state index contributed by atoms with van der Waals surface area (Å²) < 4.78 is 0. The number of ketones is 1. The number of carbonyl (C=O) groups is 1. The zero-order chi connectivity index (χ0) is 12.1. The van der Waals surface area contributed by atoms with Crippen molar-refractivity contribution in [2.24, 2.45) is 0 Å². The molecule has 17 heavy (non-hydrogen) atoms. The van der Waals surface area contributed by atoms with Crippen LogP contribution in [0.4, 0.5) is 5.82 Å². The average Bonchev–Trinajstić information content (AvgIpc) is 2.58. The molecule has 0 aromatic carbocycles. The van der Waals surface area contributed by atoms with Crippen molar-refractivity contribution in [2.45, 2.75) is 6.42 Å². The van der Waals surface area contributed by atoms with Gasteiger partial charge in [0.2, 0.25) is 0 Å². The van der Waals surface area contributed by atoms with Crippen molar-refractivity contribution in [3.63, 3.8) is 0 Å². The quantitative estimate of drug-likeness (QED) is 0.728. The summed E-state index contributed by atoms with van der Waals surface area (Å²) in [5, 5.41) is 3.31. The molecule has 5 heteroatoms. The van der Waals surface area contributed by atoms with Crippen molar-refractivity contribution in [3.05, 3.63) is 23.9 Å². The first-order valence-electron chi connectivity index (χ1n) is 5.94. The molecule has 3 N–H and O–H groups in total. The Kier molecular flexibility index (Phi) is 4.06. The van der Waals surface area contributed by atoms with Gasteiger partial charge in [0.25, 0.3) is 0 Å². The summed E-state index contributed by atoms with van der Waals surface area (Å²) in [7, 11) is 0. The maximum Gasteiger partial charge on any atom is 0.180 e. The van der Waals surface area contributed by atoms with E-state index in [1.54, 1.807) is 18.3 Å². The third-order valence-corrected chi connectivity index (χ3v) is 2.94. The van der Waals surface area contributed by atoms with Gasteiger partial charge < -0.3 is 11.1 Å². The number of hydrogen-bond donors (Lipinski definition) is 2. The lowest BCUT2D eigenvalue weighted by atomic mass is 10.1. The molecule has 1 aromatic rings. The highest BCUT2D eigenvalue weighted by atomic mass is 16.1. The highest BCUT2D eigenvalue weighted by molar-refractivity contribution is 6.01. The number of anilines is 1. The SMILES string of the molecule is Nc1ncccc1C(=O)CN1CCCNCC1. The number of rotatable bonds is 3. The zero-order valence-electron chi connectivity index (χ0n) is 9.85. The predicted molar refractivity (Wildman–Crippen MR) is 66.9 cm³/mol. The van der Waals surface area contributed by atoms with Crippen LogP contribution in [0.15, 0.2) is 18.3 Å². The van der Waals surface area contributed by atoms with Gasteiger partial charge in [-0.3, -0.25) is 9.69 Å². The molecule has 0 radical (unpaired) electrons. The Hall–Kier alpha value is -1.46. The van der Waals surface area contributed by atoms with Gasteiger partial charge in [-0.1, -0.05) is 0 Å². The molecule has 1 aliphatic heterocycles. The van der Waals surface area contributed by atoms with Gasteiger partial charge in [-0.25, -0.2) is 4.98 Å². The lowest BCUT2D eigenvalue weighted by Gasteiger charge is -2.18. The minimum atomic E-state index is 0.0532. The van der Waals surface area contributed by atoms with Gasteiger partial charge in [-0.15, -0.1) is 0 Å². The molecular formula is C12H18N4O. The lowest BCUT2D eigenvalue weighted by molar-refractivity contribution is 0.0935. The maximum absolute atomic E-state index is 12.1. The van der Waals surface area contributed by atoms with E-state index >= 15 is 0 Å². The van der Waals surface area contributed by atoms with E-state index in [2.05, 4.69) is 15.2 Å². The molecular weight excluding hydrogens is 216 g/mol. The van der Waals surface area contributed by atoms with E-state index in [1.165, 1.54) is 0 Å². The van der Waals surface area contributed by atoms with E-state index in [-0.39, 0.29) is 5.78 Å². The lowest BCUT2D eigenvalue weighted by Crippen LogP contribution is -2.33. The zero-order valence-corrected chi connectivity index (χ0v) is 9.85. The molecule has 0 spiro atoms. The number of nitrogens with zero attached hydrogens (tertiary/aromatic N) is 2. The average molecular weight is 234 g/mol. The molecule has 5 nitrogen and oxygen atoms in total. The van der Waals surface area contributed by atoms with Crippen LogP contribution in [0.2, 0.25) is 0 Å². The first-order chi connectivity index (χ1) is 8.27. The normalized spacial score (nSPS) is 17.6. The molecule has 1 fully saturated rings. The number of nitrogen functional groups attached to an aromatic ring is 1. The van der Waals surface area contributed by atoms with Crippen LogP contribution in [0, 0.1) is 0 Å². The molecule has 0 unspecified atom stereocenters.